The summed E-state index contributed by atoms with van der Waals surface area (Å²) in [5, 5.41) is 3.72. The smallest absolute Gasteiger partial charge is 0.0320 e. The summed E-state index contributed by atoms with van der Waals surface area (Å²) in [6.45, 7) is 7.99. The molecular weight excluding hydrogens is 206 g/mol. The molecule has 0 fully saturated rings. The molecule has 0 bridgehead atoms. The van der Waals surface area contributed by atoms with Crippen molar-refractivity contribution in [2.75, 3.05) is 6.54 Å². The van der Waals surface area contributed by atoms with Crippen LogP contribution in [0.2, 0.25) is 0 Å². The van der Waals surface area contributed by atoms with Crippen LogP contribution < -0.4 is 5.32 Å². The lowest BCUT2D eigenvalue weighted by Crippen LogP contribution is -2.26. The monoisotopic (exact) mass is 233 g/mol. The van der Waals surface area contributed by atoms with Crippen molar-refractivity contribution in [1.29, 1.82) is 0 Å². The van der Waals surface area contributed by atoms with Crippen LogP contribution in [0, 0.1) is 5.92 Å². The van der Waals surface area contributed by atoms with Crippen LogP contribution in [0.4, 0.5) is 0 Å². The molecular formula is C16H27N. The summed E-state index contributed by atoms with van der Waals surface area (Å²) in [5.41, 5.74) is 1.43. The Kier molecular flexibility index (Phi) is 6.95. The van der Waals surface area contributed by atoms with Gasteiger partial charge in [-0.25, -0.2) is 0 Å². The molecule has 0 aliphatic rings. The van der Waals surface area contributed by atoms with Crippen LogP contribution >= 0.6 is 0 Å². The second-order valence-corrected chi connectivity index (χ2v) is 5.05. The Labute approximate surface area is 107 Å². The summed E-state index contributed by atoms with van der Waals surface area (Å²) in [6.07, 6.45) is 5.06. The molecule has 2 atom stereocenters. The summed E-state index contributed by atoms with van der Waals surface area (Å²) in [5.74, 6) is 0.781. The number of nitrogens with one attached hydrogen (secondary N) is 1. The van der Waals surface area contributed by atoms with Gasteiger partial charge in [0.05, 0.1) is 0 Å². The quantitative estimate of drug-likeness (QED) is 0.694. The van der Waals surface area contributed by atoms with E-state index in [0.717, 1.165) is 12.5 Å². The van der Waals surface area contributed by atoms with Crippen LogP contribution in [-0.2, 0) is 0 Å². The highest BCUT2D eigenvalue weighted by Gasteiger charge is 2.10. The molecule has 0 aliphatic heterocycles. The minimum atomic E-state index is 0.528. The van der Waals surface area contributed by atoms with Crippen molar-refractivity contribution in [2.45, 2.75) is 52.5 Å². The highest BCUT2D eigenvalue weighted by Crippen LogP contribution is 2.18. The fourth-order valence-electron chi connectivity index (χ4n) is 2.30. The summed E-state index contributed by atoms with van der Waals surface area (Å²) in [7, 11) is 0. The van der Waals surface area contributed by atoms with Crippen LogP contribution in [-0.4, -0.2) is 6.54 Å². The minimum Gasteiger partial charge on any atom is -0.310 e. The number of benzene rings is 1. The average Bonchev–Trinajstić information content (AvgIpc) is 2.36. The minimum absolute atomic E-state index is 0.528. The molecule has 1 nitrogen and oxygen atoms in total. The van der Waals surface area contributed by atoms with Gasteiger partial charge in [0.25, 0.3) is 0 Å². The molecule has 1 rings (SSSR count). The van der Waals surface area contributed by atoms with Crippen LogP contribution in [0.15, 0.2) is 30.3 Å². The highest BCUT2D eigenvalue weighted by molar-refractivity contribution is 5.18. The van der Waals surface area contributed by atoms with Crippen molar-refractivity contribution in [3.8, 4) is 0 Å². The number of hydrogen-bond acceptors (Lipinski definition) is 1. The first kappa shape index (κ1) is 14.2. The van der Waals surface area contributed by atoms with Gasteiger partial charge >= 0.3 is 0 Å². The van der Waals surface area contributed by atoms with E-state index in [2.05, 4.69) is 56.4 Å². The molecule has 96 valence electrons. The summed E-state index contributed by atoms with van der Waals surface area (Å²) >= 11 is 0. The lowest BCUT2D eigenvalue weighted by atomic mass is 10.0. The van der Waals surface area contributed by atoms with Crippen molar-refractivity contribution in [3.05, 3.63) is 35.9 Å². The molecule has 0 saturated carbocycles. The molecule has 1 N–H and O–H groups in total. The third-order valence-corrected chi connectivity index (χ3v) is 3.27. The third-order valence-electron chi connectivity index (χ3n) is 3.27. The summed E-state index contributed by atoms with van der Waals surface area (Å²) in [4.78, 5) is 0. The predicted octanol–water partition coefficient (Wildman–Crippen LogP) is 4.55. The molecule has 0 amide bonds. The van der Waals surface area contributed by atoms with E-state index < -0.39 is 0 Å². The first-order valence-electron chi connectivity index (χ1n) is 7.06. The Morgan fingerprint density at radius 1 is 1.00 bits per heavy atom. The van der Waals surface area contributed by atoms with Gasteiger partial charge < -0.3 is 5.32 Å². The normalized spacial score (nSPS) is 14.5. The molecule has 0 spiro atoms. The standard InChI is InChI=1S/C16H27N/c1-4-9-14(3)13-17-16(10-5-2)15-11-7-6-8-12-15/h6-8,11-12,14,16-17H,4-5,9-10,13H2,1-3H3. The van der Waals surface area contributed by atoms with Gasteiger partial charge in [0.2, 0.25) is 0 Å². The first-order valence-corrected chi connectivity index (χ1v) is 7.06. The molecule has 17 heavy (non-hydrogen) atoms. The predicted molar refractivity (Wildman–Crippen MR) is 76.2 cm³/mol. The molecule has 0 aromatic heterocycles. The van der Waals surface area contributed by atoms with Gasteiger partial charge in [-0.05, 0) is 30.9 Å². The van der Waals surface area contributed by atoms with Gasteiger partial charge in [0, 0.05) is 6.04 Å². The topological polar surface area (TPSA) is 12.0 Å². The van der Waals surface area contributed by atoms with E-state index in [1.165, 1.54) is 31.2 Å². The number of hydrogen-bond donors (Lipinski definition) is 1. The van der Waals surface area contributed by atoms with E-state index in [4.69, 9.17) is 0 Å². The maximum absolute atomic E-state index is 3.72. The zero-order valence-electron chi connectivity index (χ0n) is 11.6. The van der Waals surface area contributed by atoms with E-state index in [1.807, 2.05) is 0 Å². The second kappa shape index (κ2) is 8.30. The maximum Gasteiger partial charge on any atom is 0.0320 e. The molecule has 2 unspecified atom stereocenters. The second-order valence-electron chi connectivity index (χ2n) is 5.05. The van der Waals surface area contributed by atoms with Crippen molar-refractivity contribution in [1.82, 2.24) is 5.32 Å². The lowest BCUT2D eigenvalue weighted by molar-refractivity contribution is 0.415. The van der Waals surface area contributed by atoms with Crippen LogP contribution in [0.1, 0.15) is 58.1 Å². The van der Waals surface area contributed by atoms with Gasteiger partial charge in [-0.15, -0.1) is 0 Å². The van der Waals surface area contributed by atoms with Crippen molar-refractivity contribution >= 4 is 0 Å². The molecule has 0 radical (unpaired) electrons. The van der Waals surface area contributed by atoms with Crippen LogP contribution in [0.5, 0.6) is 0 Å². The molecule has 0 saturated heterocycles. The van der Waals surface area contributed by atoms with E-state index >= 15 is 0 Å². The van der Waals surface area contributed by atoms with Gasteiger partial charge in [-0.3, -0.25) is 0 Å². The average molecular weight is 233 g/mol. The van der Waals surface area contributed by atoms with E-state index in [1.54, 1.807) is 0 Å². The zero-order valence-corrected chi connectivity index (χ0v) is 11.6. The molecule has 0 heterocycles. The van der Waals surface area contributed by atoms with Gasteiger partial charge in [0.15, 0.2) is 0 Å². The van der Waals surface area contributed by atoms with Crippen molar-refractivity contribution in [2.24, 2.45) is 5.92 Å². The summed E-state index contributed by atoms with van der Waals surface area (Å²) < 4.78 is 0. The Hall–Kier alpha value is -0.820. The number of rotatable bonds is 8. The first-order chi connectivity index (χ1) is 8.27. The third kappa shape index (κ3) is 5.36. The molecule has 0 aliphatic carbocycles. The van der Waals surface area contributed by atoms with Crippen LogP contribution in [0.3, 0.4) is 0 Å². The molecule has 1 heteroatoms. The Balaban J connectivity index is 2.49. The zero-order chi connectivity index (χ0) is 12.5. The Bertz CT molecular complexity index is 281. The fourth-order valence-corrected chi connectivity index (χ4v) is 2.30. The Morgan fingerprint density at radius 3 is 2.24 bits per heavy atom. The van der Waals surface area contributed by atoms with Gasteiger partial charge in [0.1, 0.15) is 0 Å². The van der Waals surface area contributed by atoms with Crippen LogP contribution in [0.25, 0.3) is 0 Å². The Morgan fingerprint density at radius 2 is 1.65 bits per heavy atom. The van der Waals surface area contributed by atoms with E-state index in [0.29, 0.717) is 6.04 Å². The molecule has 1 aromatic carbocycles. The maximum atomic E-state index is 3.72. The van der Waals surface area contributed by atoms with Gasteiger partial charge in [-0.1, -0.05) is 63.9 Å². The van der Waals surface area contributed by atoms with Gasteiger partial charge in [-0.2, -0.15) is 0 Å². The van der Waals surface area contributed by atoms with Crippen molar-refractivity contribution in [3.63, 3.8) is 0 Å². The van der Waals surface area contributed by atoms with E-state index in [-0.39, 0.29) is 0 Å². The van der Waals surface area contributed by atoms with E-state index in [9.17, 15) is 0 Å². The fraction of sp³-hybridized carbons (Fsp3) is 0.625. The summed E-state index contributed by atoms with van der Waals surface area (Å²) in [6, 6.07) is 11.4. The SMILES string of the molecule is CCCC(C)CNC(CCC)c1ccccc1. The lowest BCUT2D eigenvalue weighted by Gasteiger charge is -2.21. The largest absolute Gasteiger partial charge is 0.310 e. The highest BCUT2D eigenvalue weighted by atomic mass is 14.9. The van der Waals surface area contributed by atoms with Crippen molar-refractivity contribution < 1.29 is 0 Å². The molecule has 1 aromatic rings.